The van der Waals surface area contributed by atoms with Gasteiger partial charge in [-0.2, -0.15) is 0 Å². The first kappa shape index (κ1) is 22.5. The molecule has 1 aromatic rings. The summed E-state index contributed by atoms with van der Waals surface area (Å²) in [6.07, 6.45) is 6.50. The maximum atomic E-state index is 13.4. The molecule has 3 aliphatic carbocycles. The molecule has 0 aromatic carbocycles. The predicted molar refractivity (Wildman–Crippen MR) is 127 cm³/mol. The standard InChI is InChI=1S/C23H30BClN4O4/c1-6-7-17(24-32-16-11-12-10-15(22(12,2)3)23(16,4)33-24)27-20(30)14-9-8-13-18(25)28-19(26-5)21(31)29(13)14/h6,11-12,14-15,17H,1,7-10H2,2-5H3,(H,26,28)(H,27,30)/t12?,14-,15?,17-,23?/m0/s1. The van der Waals surface area contributed by atoms with Crippen LogP contribution in [0.5, 0.6) is 0 Å². The van der Waals surface area contributed by atoms with Crippen LogP contribution in [-0.2, 0) is 20.5 Å². The normalized spacial score (nSPS) is 31.5. The van der Waals surface area contributed by atoms with Crippen LogP contribution in [0.15, 0.2) is 29.3 Å². The molecule has 2 N–H and O–H groups in total. The van der Waals surface area contributed by atoms with Crippen molar-refractivity contribution in [1.29, 1.82) is 0 Å². The third-order valence-electron chi connectivity index (χ3n) is 8.20. The minimum atomic E-state index is -0.669. The van der Waals surface area contributed by atoms with Gasteiger partial charge in [0.2, 0.25) is 5.91 Å². The fraction of sp³-hybridized carbons (Fsp3) is 0.609. The Hall–Kier alpha value is -2.26. The fourth-order valence-electron chi connectivity index (χ4n) is 6.16. The van der Waals surface area contributed by atoms with Gasteiger partial charge in [0.15, 0.2) is 11.0 Å². The summed E-state index contributed by atoms with van der Waals surface area (Å²) < 4.78 is 14.2. The summed E-state index contributed by atoms with van der Waals surface area (Å²) >= 11 is 6.28. The summed E-state index contributed by atoms with van der Waals surface area (Å²) in [5.41, 5.74) is -0.0972. The van der Waals surface area contributed by atoms with Crippen LogP contribution in [0.4, 0.5) is 5.82 Å². The number of hydrogen-bond donors (Lipinski definition) is 2. The summed E-state index contributed by atoms with van der Waals surface area (Å²) in [6.45, 7) is 10.5. The molecular formula is C23H30BClN4O4. The lowest BCUT2D eigenvalue weighted by Gasteiger charge is -2.60. The van der Waals surface area contributed by atoms with Gasteiger partial charge in [0, 0.05) is 7.05 Å². The minimum absolute atomic E-state index is 0.124. The molecule has 1 saturated carbocycles. The highest BCUT2D eigenvalue weighted by atomic mass is 35.5. The van der Waals surface area contributed by atoms with Gasteiger partial charge in [0.1, 0.15) is 17.4 Å². The van der Waals surface area contributed by atoms with Crippen LogP contribution in [0.25, 0.3) is 0 Å². The molecule has 176 valence electrons. The van der Waals surface area contributed by atoms with E-state index in [1.165, 1.54) is 4.57 Å². The lowest BCUT2D eigenvalue weighted by Crippen LogP contribution is -2.59. The molecule has 0 radical (unpaired) electrons. The van der Waals surface area contributed by atoms with E-state index < -0.39 is 24.7 Å². The molecule has 6 rings (SSSR count). The van der Waals surface area contributed by atoms with Gasteiger partial charge in [-0.3, -0.25) is 14.2 Å². The van der Waals surface area contributed by atoms with E-state index in [-0.39, 0.29) is 27.9 Å². The minimum Gasteiger partial charge on any atom is -0.536 e. The number of nitrogens with one attached hydrogen (secondary N) is 2. The van der Waals surface area contributed by atoms with Gasteiger partial charge in [-0.05, 0) is 55.9 Å². The number of nitrogens with zero attached hydrogens (tertiary/aromatic N) is 2. The number of anilines is 1. The Kier molecular flexibility index (Phi) is 5.21. The molecule has 1 amide bonds. The van der Waals surface area contributed by atoms with Crippen LogP contribution in [0.2, 0.25) is 5.15 Å². The Labute approximate surface area is 198 Å². The molecule has 5 atom stereocenters. The second kappa shape index (κ2) is 7.63. The molecule has 2 aliphatic heterocycles. The number of carbonyl (C=O) groups excluding carboxylic acids is 1. The highest BCUT2D eigenvalue weighted by molar-refractivity contribution is 6.48. The largest absolute Gasteiger partial charge is 0.550 e. The number of rotatable bonds is 6. The molecule has 0 spiro atoms. The van der Waals surface area contributed by atoms with E-state index >= 15 is 0 Å². The highest BCUT2D eigenvalue weighted by Gasteiger charge is 2.66. The molecule has 1 saturated heterocycles. The number of aromatic nitrogens is 2. The number of allylic oxidation sites excluding steroid dienone is 1. The number of halogens is 1. The van der Waals surface area contributed by atoms with Crippen molar-refractivity contribution >= 4 is 30.4 Å². The molecule has 1 aromatic heterocycles. The predicted octanol–water partition coefficient (Wildman–Crippen LogP) is 2.88. The van der Waals surface area contributed by atoms with Crippen molar-refractivity contribution in [2.45, 2.75) is 64.0 Å². The van der Waals surface area contributed by atoms with E-state index in [9.17, 15) is 9.59 Å². The van der Waals surface area contributed by atoms with Crippen molar-refractivity contribution in [2.75, 3.05) is 12.4 Å². The summed E-state index contributed by atoms with van der Waals surface area (Å²) in [5, 5.41) is 6.07. The first-order chi connectivity index (χ1) is 15.6. The van der Waals surface area contributed by atoms with E-state index in [0.717, 1.165) is 12.2 Å². The van der Waals surface area contributed by atoms with Gasteiger partial charge >= 0.3 is 7.12 Å². The van der Waals surface area contributed by atoms with E-state index in [1.807, 2.05) is 0 Å². The number of hydrogen-bond acceptors (Lipinski definition) is 6. The van der Waals surface area contributed by atoms with Crippen LogP contribution in [0.3, 0.4) is 0 Å². The molecule has 2 bridgehead atoms. The van der Waals surface area contributed by atoms with Gasteiger partial charge < -0.3 is 19.9 Å². The van der Waals surface area contributed by atoms with Gasteiger partial charge in [-0.15, -0.1) is 6.58 Å². The van der Waals surface area contributed by atoms with Crippen LogP contribution in [0.1, 0.15) is 51.8 Å². The Balaban J connectivity index is 1.38. The maximum absolute atomic E-state index is 13.4. The van der Waals surface area contributed by atoms with Crippen molar-refractivity contribution in [3.05, 3.63) is 45.7 Å². The molecule has 3 unspecified atom stereocenters. The Bertz CT molecular complexity index is 1120. The fourth-order valence-corrected chi connectivity index (χ4v) is 6.43. The van der Waals surface area contributed by atoms with Crippen molar-refractivity contribution < 1.29 is 14.1 Å². The summed E-state index contributed by atoms with van der Waals surface area (Å²) in [7, 11) is 0.983. The first-order valence-electron chi connectivity index (χ1n) is 11.6. The third-order valence-corrected chi connectivity index (χ3v) is 8.50. The quantitative estimate of drug-likeness (QED) is 0.488. The molecule has 2 fully saturated rings. The van der Waals surface area contributed by atoms with Crippen LogP contribution < -0.4 is 16.2 Å². The van der Waals surface area contributed by atoms with E-state index in [0.29, 0.717) is 36.8 Å². The molecule has 3 heterocycles. The molecule has 8 nitrogen and oxygen atoms in total. The van der Waals surface area contributed by atoms with E-state index in [1.54, 1.807) is 13.1 Å². The molecule has 10 heteroatoms. The van der Waals surface area contributed by atoms with Crippen LogP contribution in [-0.4, -0.2) is 41.2 Å². The van der Waals surface area contributed by atoms with Crippen molar-refractivity contribution in [2.24, 2.45) is 17.3 Å². The van der Waals surface area contributed by atoms with Crippen molar-refractivity contribution in [1.82, 2.24) is 14.9 Å². The zero-order chi connectivity index (χ0) is 23.7. The Morgan fingerprint density at radius 3 is 2.91 bits per heavy atom. The van der Waals surface area contributed by atoms with Crippen LogP contribution in [0, 0.1) is 17.3 Å². The Morgan fingerprint density at radius 1 is 1.48 bits per heavy atom. The first-order valence-corrected chi connectivity index (χ1v) is 12.0. The summed E-state index contributed by atoms with van der Waals surface area (Å²) in [5.74, 6) is 1.16. The average Bonchev–Trinajstić information content (AvgIpc) is 3.37. The van der Waals surface area contributed by atoms with Gasteiger partial charge in [0.05, 0.1) is 11.6 Å². The summed E-state index contributed by atoms with van der Waals surface area (Å²) in [6, 6.07) is -0.669. The lowest BCUT2D eigenvalue weighted by atomic mass is 9.46. The van der Waals surface area contributed by atoms with E-state index in [2.05, 4.69) is 49.0 Å². The second-order valence-electron chi connectivity index (χ2n) is 10.3. The number of carbonyl (C=O) groups is 1. The van der Waals surface area contributed by atoms with Crippen LogP contribution >= 0.6 is 11.6 Å². The number of fused-ring (bicyclic) bond motifs is 1. The molecule has 5 aliphatic rings. The molecular weight excluding hydrogens is 443 g/mol. The smallest absolute Gasteiger partial charge is 0.536 e. The van der Waals surface area contributed by atoms with Gasteiger partial charge in [0.25, 0.3) is 5.56 Å². The Morgan fingerprint density at radius 2 is 2.24 bits per heavy atom. The van der Waals surface area contributed by atoms with E-state index in [4.69, 9.17) is 20.9 Å². The topological polar surface area (TPSA) is 94.5 Å². The van der Waals surface area contributed by atoms with Crippen molar-refractivity contribution in [3.8, 4) is 0 Å². The average molecular weight is 473 g/mol. The number of amides is 1. The summed E-state index contributed by atoms with van der Waals surface area (Å²) in [4.78, 5) is 30.3. The highest BCUT2D eigenvalue weighted by Crippen LogP contribution is 2.64. The zero-order valence-corrected chi connectivity index (χ0v) is 20.2. The second-order valence-corrected chi connectivity index (χ2v) is 10.6. The van der Waals surface area contributed by atoms with Gasteiger partial charge in [-0.1, -0.05) is 31.5 Å². The SMILES string of the molecule is C=CC[C@H](NC(=O)[C@@H]1CCc2c(Cl)nc(NC)c(=O)n21)B1OC2=CC3CC(C2(C)O1)C3(C)C. The van der Waals surface area contributed by atoms with Gasteiger partial charge in [-0.25, -0.2) is 4.98 Å². The monoisotopic (exact) mass is 472 g/mol. The lowest BCUT2D eigenvalue weighted by molar-refractivity contribution is -0.125. The van der Waals surface area contributed by atoms with Crippen molar-refractivity contribution in [3.63, 3.8) is 0 Å². The zero-order valence-electron chi connectivity index (χ0n) is 19.5. The maximum Gasteiger partial charge on any atom is 0.550 e. The molecule has 33 heavy (non-hydrogen) atoms. The third kappa shape index (κ3) is 3.19.